The minimum atomic E-state index is -0.683. The van der Waals surface area contributed by atoms with Crippen LogP contribution in [0.25, 0.3) is 11.1 Å². The van der Waals surface area contributed by atoms with Crippen LogP contribution in [0, 0.1) is 11.2 Å². The molecule has 2 aromatic carbocycles. The number of carbonyl (C=O) groups excluding carboxylic acids is 2. The molecule has 0 aromatic heterocycles. The molecular formula is C24H29FN2O3. The van der Waals surface area contributed by atoms with E-state index in [0.29, 0.717) is 38.0 Å². The molecule has 1 fully saturated rings. The number of piperidine rings is 1. The third-order valence-electron chi connectivity index (χ3n) is 5.70. The minimum absolute atomic E-state index is 0.0167. The highest BCUT2D eigenvalue weighted by Crippen LogP contribution is 2.35. The Labute approximate surface area is 177 Å². The predicted octanol–water partition coefficient (Wildman–Crippen LogP) is 3.43. The van der Waals surface area contributed by atoms with Crippen molar-refractivity contribution < 1.29 is 18.7 Å². The molecule has 1 N–H and O–H groups in total. The molecule has 3 rings (SSSR count). The number of halogens is 1. The summed E-state index contributed by atoms with van der Waals surface area (Å²) in [6.07, 6.45) is 2.00. The Morgan fingerprint density at radius 2 is 1.90 bits per heavy atom. The molecule has 0 spiro atoms. The Morgan fingerprint density at radius 3 is 2.57 bits per heavy atom. The van der Waals surface area contributed by atoms with E-state index in [-0.39, 0.29) is 24.2 Å². The van der Waals surface area contributed by atoms with Crippen molar-refractivity contribution in [1.82, 2.24) is 10.2 Å². The van der Waals surface area contributed by atoms with Gasteiger partial charge < -0.3 is 15.0 Å². The first-order valence-electron chi connectivity index (χ1n) is 10.4. The number of hydrogen-bond acceptors (Lipinski definition) is 3. The second-order valence-electron chi connectivity index (χ2n) is 7.85. The van der Waals surface area contributed by atoms with Crippen LogP contribution >= 0.6 is 0 Å². The number of benzene rings is 2. The van der Waals surface area contributed by atoms with E-state index >= 15 is 0 Å². The van der Waals surface area contributed by atoms with Gasteiger partial charge in [0.1, 0.15) is 12.4 Å². The zero-order valence-electron chi connectivity index (χ0n) is 17.6. The van der Waals surface area contributed by atoms with Crippen LogP contribution in [0.2, 0.25) is 0 Å². The molecule has 1 saturated heterocycles. The summed E-state index contributed by atoms with van der Waals surface area (Å²) < 4.78 is 19.1. The molecule has 1 aliphatic rings. The summed E-state index contributed by atoms with van der Waals surface area (Å²) >= 11 is 0. The van der Waals surface area contributed by atoms with Gasteiger partial charge in [0.15, 0.2) is 0 Å². The van der Waals surface area contributed by atoms with E-state index in [9.17, 15) is 14.0 Å². The second kappa shape index (κ2) is 9.85. The lowest BCUT2D eigenvalue weighted by atomic mass is 9.74. The topological polar surface area (TPSA) is 58.6 Å². The molecule has 30 heavy (non-hydrogen) atoms. The Morgan fingerprint density at radius 1 is 1.17 bits per heavy atom. The average Bonchev–Trinajstić information content (AvgIpc) is 2.75. The maximum absolute atomic E-state index is 14.1. The highest BCUT2D eigenvalue weighted by Gasteiger charge is 2.43. The van der Waals surface area contributed by atoms with Gasteiger partial charge in [0.2, 0.25) is 11.8 Å². The summed E-state index contributed by atoms with van der Waals surface area (Å²) in [6.45, 7) is 3.46. The van der Waals surface area contributed by atoms with Gasteiger partial charge in [-0.15, -0.1) is 0 Å². The van der Waals surface area contributed by atoms with Crippen LogP contribution in [-0.2, 0) is 20.7 Å². The van der Waals surface area contributed by atoms with Crippen LogP contribution < -0.4 is 5.32 Å². The van der Waals surface area contributed by atoms with Crippen molar-refractivity contribution >= 4 is 11.8 Å². The van der Waals surface area contributed by atoms with E-state index in [1.807, 2.05) is 37.3 Å². The molecule has 1 aliphatic heterocycles. The zero-order chi connectivity index (χ0) is 21.6. The lowest BCUT2D eigenvalue weighted by Gasteiger charge is -2.42. The number of ether oxygens (including phenoxy) is 1. The summed E-state index contributed by atoms with van der Waals surface area (Å²) in [4.78, 5) is 27.2. The van der Waals surface area contributed by atoms with E-state index in [0.717, 1.165) is 17.5 Å². The maximum atomic E-state index is 14.1. The van der Waals surface area contributed by atoms with Crippen molar-refractivity contribution in [2.24, 2.45) is 5.41 Å². The van der Waals surface area contributed by atoms with E-state index in [1.54, 1.807) is 17.0 Å². The van der Waals surface area contributed by atoms with Crippen molar-refractivity contribution in [1.29, 1.82) is 0 Å². The summed E-state index contributed by atoms with van der Waals surface area (Å²) in [5.41, 5.74) is 1.65. The van der Waals surface area contributed by atoms with E-state index in [2.05, 4.69) is 5.32 Å². The van der Waals surface area contributed by atoms with Crippen LogP contribution in [0.4, 0.5) is 4.39 Å². The summed E-state index contributed by atoms with van der Waals surface area (Å²) in [5, 5.41) is 2.95. The number of rotatable bonds is 7. The lowest BCUT2D eigenvalue weighted by molar-refractivity contribution is -0.144. The minimum Gasteiger partial charge on any atom is -0.375 e. The SMILES string of the molecule is CCNC(=O)C1(Cc2ccc(-c3ccccc3F)cc2)CCCN(C(=O)COC)C1. The smallest absolute Gasteiger partial charge is 0.248 e. The van der Waals surface area contributed by atoms with Gasteiger partial charge in [-0.05, 0) is 43.4 Å². The zero-order valence-corrected chi connectivity index (χ0v) is 17.6. The van der Waals surface area contributed by atoms with Gasteiger partial charge in [0.25, 0.3) is 0 Å². The van der Waals surface area contributed by atoms with Crippen LogP contribution in [0.5, 0.6) is 0 Å². The lowest BCUT2D eigenvalue weighted by Crippen LogP contribution is -2.55. The fraction of sp³-hybridized carbons (Fsp3) is 0.417. The molecule has 1 atom stereocenters. The molecule has 2 aromatic rings. The molecule has 0 aliphatic carbocycles. The van der Waals surface area contributed by atoms with Crippen LogP contribution in [0.15, 0.2) is 48.5 Å². The maximum Gasteiger partial charge on any atom is 0.248 e. The predicted molar refractivity (Wildman–Crippen MR) is 114 cm³/mol. The van der Waals surface area contributed by atoms with Crippen LogP contribution in [-0.4, -0.2) is 50.1 Å². The summed E-state index contributed by atoms with van der Waals surface area (Å²) in [5.74, 6) is -0.387. The van der Waals surface area contributed by atoms with Gasteiger partial charge >= 0.3 is 0 Å². The molecule has 1 heterocycles. The van der Waals surface area contributed by atoms with Crippen molar-refractivity contribution in [3.8, 4) is 11.1 Å². The molecule has 0 saturated carbocycles. The number of nitrogens with zero attached hydrogens (tertiary/aromatic N) is 1. The highest BCUT2D eigenvalue weighted by molar-refractivity contribution is 5.85. The van der Waals surface area contributed by atoms with Crippen molar-refractivity contribution in [2.45, 2.75) is 26.2 Å². The number of carbonyl (C=O) groups is 2. The third-order valence-corrected chi connectivity index (χ3v) is 5.70. The number of methoxy groups -OCH3 is 1. The van der Waals surface area contributed by atoms with Crippen LogP contribution in [0.1, 0.15) is 25.3 Å². The number of amides is 2. The van der Waals surface area contributed by atoms with Crippen molar-refractivity contribution in [3.63, 3.8) is 0 Å². The van der Waals surface area contributed by atoms with Crippen LogP contribution in [0.3, 0.4) is 0 Å². The van der Waals surface area contributed by atoms with E-state index in [4.69, 9.17) is 4.74 Å². The summed E-state index contributed by atoms with van der Waals surface area (Å²) in [6, 6.07) is 14.3. The number of nitrogens with one attached hydrogen (secondary N) is 1. The van der Waals surface area contributed by atoms with Crippen molar-refractivity contribution in [3.05, 3.63) is 59.9 Å². The fourth-order valence-corrected chi connectivity index (χ4v) is 4.21. The fourth-order valence-electron chi connectivity index (χ4n) is 4.21. The van der Waals surface area contributed by atoms with Gasteiger partial charge in [-0.25, -0.2) is 4.39 Å². The third kappa shape index (κ3) is 4.87. The second-order valence-corrected chi connectivity index (χ2v) is 7.85. The quantitative estimate of drug-likeness (QED) is 0.758. The number of hydrogen-bond donors (Lipinski definition) is 1. The first kappa shape index (κ1) is 22.0. The molecule has 5 nitrogen and oxygen atoms in total. The highest BCUT2D eigenvalue weighted by atomic mass is 19.1. The molecule has 160 valence electrons. The van der Waals surface area contributed by atoms with E-state index in [1.165, 1.54) is 13.2 Å². The Bertz CT molecular complexity index is 884. The summed E-state index contributed by atoms with van der Waals surface area (Å²) in [7, 11) is 1.50. The Hall–Kier alpha value is -2.73. The average molecular weight is 413 g/mol. The molecule has 0 bridgehead atoms. The molecular weight excluding hydrogens is 383 g/mol. The normalized spacial score (nSPS) is 18.8. The molecule has 6 heteroatoms. The van der Waals surface area contributed by atoms with Gasteiger partial charge in [-0.3, -0.25) is 9.59 Å². The molecule has 1 unspecified atom stereocenters. The first-order chi connectivity index (χ1) is 14.5. The monoisotopic (exact) mass is 412 g/mol. The van der Waals surface area contributed by atoms with Crippen molar-refractivity contribution in [2.75, 3.05) is 33.4 Å². The molecule has 0 radical (unpaired) electrons. The number of likely N-dealkylation sites (tertiary alicyclic amines) is 1. The van der Waals surface area contributed by atoms with Gasteiger partial charge in [-0.2, -0.15) is 0 Å². The van der Waals surface area contributed by atoms with Gasteiger partial charge in [0, 0.05) is 32.3 Å². The Kier molecular flexibility index (Phi) is 7.21. The van der Waals surface area contributed by atoms with E-state index < -0.39 is 5.41 Å². The first-order valence-corrected chi connectivity index (χ1v) is 10.4. The molecule has 2 amide bonds. The van der Waals surface area contributed by atoms with Gasteiger partial charge in [-0.1, -0.05) is 42.5 Å². The Balaban J connectivity index is 1.84. The standard InChI is InChI=1S/C24H29FN2O3/c1-3-26-23(29)24(13-6-14-27(17-24)22(28)16-30-2)15-18-9-11-19(12-10-18)20-7-4-5-8-21(20)25/h4-5,7-12H,3,6,13-17H2,1-2H3,(H,26,29). The van der Waals surface area contributed by atoms with Gasteiger partial charge in [0.05, 0.1) is 5.41 Å². The largest absolute Gasteiger partial charge is 0.375 e.